The molecule has 7 N–H and O–H groups in total. The van der Waals surface area contributed by atoms with Crippen LogP contribution in [0.25, 0.3) is 0 Å². The van der Waals surface area contributed by atoms with Crippen LogP contribution in [0.4, 0.5) is 10.5 Å². The number of phenols is 1. The fraction of sp³-hybridized carbons (Fsp3) is 0.310. The molecule has 3 aromatic rings. The monoisotopic (exact) mass is 504 g/mol. The van der Waals surface area contributed by atoms with Crippen LogP contribution in [-0.2, 0) is 17.6 Å². The van der Waals surface area contributed by atoms with Crippen LogP contribution in [0, 0.1) is 0 Å². The van der Waals surface area contributed by atoms with Gasteiger partial charge in [0.2, 0.25) is 5.91 Å². The molecule has 0 radical (unpaired) electrons. The number of primary amides is 1. The van der Waals surface area contributed by atoms with Crippen LogP contribution >= 0.6 is 0 Å². The minimum Gasteiger partial charge on any atom is -0.506 e. The first-order valence-corrected chi connectivity index (χ1v) is 12.3. The van der Waals surface area contributed by atoms with Gasteiger partial charge in [0, 0.05) is 12.1 Å². The lowest BCUT2D eigenvalue weighted by molar-refractivity contribution is -0.121. The first-order valence-electron chi connectivity index (χ1n) is 12.3. The van der Waals surface area contributed by atoms with Crippen LogP contribution in [0.2, 0.25) is 0 Å². The highest BCUT2D eigenvalue weighted by Gasteiger charge is 2.21. The second-order valence-electron chi connectivity index (χ2n) is 9.92. The van der Waals surface area contributed by atoms with Gasteiger partial charge < -0.3 is 31.9 Å². The lowest BCUT2D eigenvalue weighted by atomic mass is 9.93. The smallest absolute Gasteiger partial charge is 0.316 e. The van der Waals surface area contributed by atoms with Crippen molar-refractivity contribution in [3.8, 4) is 5.75 Å². The molecule has 8 heteroatoms. The van der Waals surface area contributed by atoms with Crippen molar-refractivity contribution in [1.29, 1.82) is 0 Å². The van der Waals surface area contributed by atoms with Crippen molar-refractivity contribution in [3.63, 3.8) is 0 Å². The van der Waals surface area contributed by atoms with E-state index in [9.17, 15) is 19.8 Å². The van der Waals surface area contributed by atoms with Gasteiger partial charge in [-0.15, -0.1) is 0 Å². The van der Waals surface area contributed by atoms with Gasteiger partial charge in [-0.25, -0.2) is 4.79 Å². The number of rotatable bonds is 11. The van der Waals surface area contributed by atoms with Gasteiger partial charge in [-0.1, -0.05) is 60.7 Å². The number of phenolic OH excluding ortho intramolecular Hbond substituents is 1. The van der Waals surface area contributed by atoms with Crippen LogP contribution in [-0.4, -0.2) is 34.2 Å². The van der Waals surface area contributed by atoms with E-state index in [1.807, 2.05) is 75.4 Å². The van der Waals surface area contributed by atoms with Gasteiger partial charge in [0.05, 0.1) is 24.3 Å². The standard InChI is InChI=1S/C29H36N4O4/c1-19(22-10-5-4-6-11-22)32-27(36)15-20-8-7-9-21(14-20)17-29(2,3)31-18-26(35)23-12-13-25(34)24(16-23)33-28(30)37/h4-14,16,19,26,31,34-35H,15,17-18H2,1-3H3,(H,32,36)(H3,30,33,37)/t19-,26-/m0/s1. The van der Waals surface area contributed by atoms with E-state index in [0.29, 0.717) is 18.4 Å². The summed E-state index contributed by atoms with van der Waals surface area (Å²) < 4.78 is 0. The van der Waals surface area contributed by atoms with Crippen LogP contribution < -0.4 is 21.7 Å². The third-order valence-electron chi connectivity index (χ3n) is 6.12. The molecule has 2 atom stereocenters. The van der Waals surface area contributed by atoms with Gasteiger partial charge in [0.15, 0.2) is 0 Å². The quantitative estimate of drug-likeness (QED) is 0.220. The zero-order chi connectivity index (χ0) is 27.0. The Morgan fingerprint density at radius 3 is 2.35 bits per heavy atom. The number of anilines is 1. The predicted molar refractivity (Wildman–Crippen MR) is 145 cm³/mol. The van der Waals surface area contributed by atoms with Crippen LogP contribution in [0.5, 0.6) is 5.75 Å². The van der Waals surface area contributed by atoms with Crippen molar-refractivity contribution in [3.05, 3.63) is 95.1 Å². The maximum absolute atomic E-state index is 12.6. The summed E-state index contributed by atoms with van der Waals surface area (Å²) in [5.41, 5.74) is 8.52. The molecule has 0 bridgehead atoms. The minimum absolute atomic E-state index is 0.0342. The maximum atomic E-state index is 12.6. The molecule has 0 aliphatic carbocycles. The molecule has 0 aromatic heterocycles. The Hall–Kier alpha value is -3.88. The van der Waals surface area contributed by atoms with Crippen molar-refractivity contribution in [2.45, 2.75) is 51.3 Å². The molecule has 0 saturated carbocycles. The van der Waals surface area contributed by atoms with Crippen molar-refractivity contribution >= 4 is 17.6 Å². The topological polar surface area (TPSA) is 137 Å². The van der Waals surface area contributed by atoms with Crippen molar-refractivity contribution < 1.29 is 19.8 Å². The fourth-order valence-electron chi connectivity index (χ4n) is 4.21. The Morgan fingerprint density at radius 1 is 0.946 bits per heavy atom. The van der Waals surface area contributed by atoms with Gasteiger partial charge in [0.25, 0.3) is 0 Å². The van der Waals surface area contributed by atoms with Gasteiger partial charge in [-0.3, -0.25) is 4.79 Å². The number of amides is 3. The number of nitrogens with two attached hydrogens (primary N) is 1. The summed E-state index contributed by atoms with van der Waals surface area (Å²) >= 11 is 0. The first-order chi connectivity index (χ1) is 17.5. The Balaban J connectivity index is 1.56. The van der Waals surface area contributed by atoms with Gasteiger partial charge in [0.1, 0.15) is 5.75 Å². The van der Waals surface area contributed by atoms with Crippen LogP contribution in [0.1, 0.15) is 55.2 Å². The zero-order valence-electron chi connectivity index (χ0n) is 21.5. The molecule has 0 aliphatic rings. The van der Waals surface area contributed by atoms with Crippen molar-refractivity contribution in [2.75, 3.05) is 11.9 Å². The van der Waals surface area contributed by atoms with E-state index in [-0.39, 0.29) is 35.5 Å². The molecular weight excluding hydrogens is 468 g/mol. The van der Waals surface area contributed by atoms with Crippen molar-refractivity contribution in [2.24, 2.45) is 5.73 Å². The number of urea groups is 1. The second kappa shape index (κ2) is 12.4. The summed E-state index contributed by atoms with van der Waals surface area (Å²) in [7, 11) is 0. The number of β-amino-alcohol motifs (C(OH)–C–C–N with tert-alkyl or cyclic N) is 1. The molecule has 196 valence electrons. The molecule has 0 heterocycles. The normalized spacial score (nSPS) is 13.0. The van der Waals surface area contributed by atoms with E-state index in [1.165, 1.54) is 12.1 Å². The van der Waals surface area contributed by atoms with Gasteiger partial charge in [-0.2, -0.15) is 0 Å². The number of hydrogen-bond acceptors (Lipinski definition) is 5. The van der Waals surface area contributed by atoms with E-state index in [1.54, 1.807) is 6.07 Å². The Labute approximate surface area is 217 Å². The molecule has 8 nitrogen and oxygen atoms in total. The number of benzene rings is 3. The molecule has 3 aromatic carbocycles. The molecule has 0 spiro atoms. The second-order valence-corrected chi connectivity index (χ2v) is 9.92. The highest BCUT2D eigenvalue weighted by Crippen LogP contribution is 2.27. The molecule has 3 rings (SSSR count). The Morgan fingerprint density at radius 2 is 1.65 bits per heavy atom. The third kappa shape index (κ3) is 8.63. The van der Waals surface area contributed by atoms with E-state index in [2.05, 4.69) is 16.0 Å². The number of aliphatic hydroxyl groups is 1. The summed E-state index contributed by atoms with van der Waals surface area (Å²) in [5.74, 6) is -0.167. The Kier molecular flexibility index (Phi) is 9.27. The lowest BCUT2D eigenvalue weighted by Gasteiger charge is -2.28. The van der Waals surface area contributed by atoms with Crippen LogP contribution in [0.3, 0.4) is 0 Å². The molecule has 0 fully saturated rings. The van der Waals surface area contributed by atoms with E-state index < -0.39 is 12.1 Å². The SMILES string of the molecule is C[C@H](NC(=O)Cc1cccc(CC(C)(C)NC[C@H](O)c2ccc(O)c(NC(N)=O)c2)c1)c1ccccc1. The minimum atomic E-state index is -0.866. The predicted octanol–water partition coefficient (Wildman–Crippen LogP) is 3.95. The molecular formula is C29H36N4O4. The number of aromatic hydroxyl groups is 1. The first kappa shape index (κ1) is 27.7. The number of nitrogens with one attached hydrogen (secondary N) is 3. The number of carbonyl (C=O) groups is 2. The van der Waals surface area contributed by atoms with E-state index in [4.69, 9.17) is 5.73 Å². The summed E-state index contributed by atoms with van der Waals surface area (Å²) in [6.45, 7) is 6.31. The fourth-order valence-corrected chi connectivity index (χ4v) is 4.21. The third-order valence-corrected chi connectivity index (χ3v) is 6.12. The average molecular weight is 505 g/mol. The van der Waals surface area contributed by atoms with Crippen molar-refractivity contribution in [1.82, 2.24) is 10.6 Å². The summed E-state index contributed by atoms with van der Waals surface area (Å²) in [6, 6.07) is 21.4. The summed E-state index contributed by atoms with van der Waals surface area (Å²) in [5, 5.41) is 29.3. The van der Waals surface area contributed by atoms with E-state index in [0.717, 1.165) is 16.7 Å². The largest absolute Gasteiger partial charge is 0.506 e. The highest BCUT2D eigenvalue weighted by atomic mass is 16.3. The number of carbonyl (C=O) groups excluding carboxylic acids is 2. The molecule has 3 amide bonds. The lowest BCUT2D eigenvalue weighted by Crippen LogP contribution is -2.43. The van der Waals surface area contributed by atoms with E-state index >= 15 is 0 Å². The number of aliphatic hydroxyl groups excluding tert-OH is 1. The highest BCUT2D eigenvalue weighted by molar-refractivity contribution is 5.89. The summed E-state index contributed by atoms with van der Waals surface area (Å²) in [4.78, 5) is 23.7. The summed E-state index contributed by atoms with van der Waals surface area (Å²) in [6.07, 6.45) is 0.106. The molecule has 0 aliphatic heterocycles. The zero-order valence-corrected chi connectivity index (χ0v) is 21.5. The molecule has 0 saturated heterocycles. The van der Waals surface area contributed by atoms with Gasteiger partial charge in [-0.05, 0) is 61.6 Å². The average Bonchev–Trinajstić information content (AvgIpc) is 2.84. The molecule has 0 unspecified atom stereocenters. The van der Waals surface area contributed by atoms with Crippen LogP contribution in [0.15, 0.2) is 72.8 Å². The van der Waals surface area contributed by atoms with Gasteiger partial charge >= 0.3 is 6.03 Å². The maximum Gasteiger partial charge on any atom is 0.316 e. The number of hydrogen-bond donors (Lipinski definition) is 6. The molecule has 37 heavy (non-hydrogen) atoms. The Bertz CT molecular complexity index is 1210.